The number of imidazole rings is 1. The highest BCUT2D eigenvalue weighted by molar-refractivity contribution is 5.94. The number of hydrogen-bond donors (Lipinski definition) is 6. The van der Waals surface area contributed by atoms with Gasteiger partial charge in [-0.1, -0.05) is 24.3 Å². The predicted octanol–water partition coefficient (Wildman–Crippen LogP) is 4.06. The average molecular weight is 817 g/mol. The first-order chi connectivity index (χ1) is 29.1. The van der Waals surface area contributed by atoms with Crippen LogP contribution in [-0.2, 0) is 33.8 Å². The van der Waals surface area contributed by atoms with Gasteiger partial charge in [-0.05, 0) is 67.2 Å². The van der Waals surface area contributed by atoms with Crippen molar-refractivity contribution in [3.05, 3.63) is 107 Å². The molecule has 3 heterocycles. The summed E-state index contributed by atoms with van der Waals surface area (Å²) in [5.74, 6) is -0.630. The molecule has 60 heavy (non-hydrogen) atoms. The number of carbonyl (C=O) groups excluding carboxylic acids is 2. The van der Waals surface area contributed by atoms with E-state index in [2.05, 4.69) is 73.9 Å². The number of aromatic amines is 1. The number of aliphatic hydroxyl groups excluding tert-OH is 1. The number of methoxy groups -OCH3 is 1. The molecule has 2 amide bonds. The Bertz CT molecular complexity index is 2400. The number of carbonyl (C=O) groups is 2. The van der Waals surface area contributed by atoms with E-state index < -0.39 is 17.8 Å². The molecule has 0 aliphatic carbocycles. The highest BCUT2D eigenvalue weighted by Gasteiger charge is 2.26. The Labute approximate surface area is 345 Å². The van der Waals surface area contributed by atoms with Crippen LogP contribution in [0.25, 0.3) is 11.0 Å². The minimum Gasteiger partial charge on any atom is -0.492 e. The Hall–Kier alpha value is -7.30. The highest BCUT2D eigenvalue weighted by atomic mass is 19.1. The Morgan fingerprint density at radius 1 is 1.03 bits per heavy atom. The maximum Gasteiger partial charge on any atom is 0.278 e. The zero-order valence-corrected chi connectivity index (χ0v) is 33.2. The molecular formula is C41H45FN14O4. The zero-order valence-electron chi connectivity index (χ0n) is 33.2. The predicted molar refractivity (Wildman–Crippen MR) is 225 cm³/mol. The summed E-state index contributed by atoms with van der Waals surface area (Å²) in [7, 11) is 1.55. The zero-order chi connectivity index (χ0) is 42.4. The number of amides is 2. The van der Waals surface area contributed by atoms with Gasteiger partial charge in [-0.25, -0.2) is 14.4 Å². The average Bonchev–Trinajstić information content (AvgIpc) is 3.66. The summed E-state index contributed by atoms with van der Waals surface area (Å²) in [5, 5.41) is 31.9. The minimum atomic E-state index is -0.826. The van der Waals surface area contributed by atoms with E-state index in [9.17, 15) is 24.3 Å². The number of piperazine rings is 1. The number of fused-ring (bicyclic) bond motifs is 1. The van der Waals surface area contributed by atoms with Crippen molar-refractivity contribution in [2.24, 2.45) is 9.98 Å². The molecule has 1 aliphatic heterocycles. The van der Waals surface area contributed by atoms with Crippen LogP contribution in [0.15, 0.2) is 88.3 Å². The van der Waals surface area contributed by atoms with E-state index in [1.165, 1.54) is 18.3 Å². The smallest absolute Gasteiger partial charge is 0.278 e. The van der Waals surface area contributed by atoms with Crippen LogP contribution in [0, 0.1) is 17.1 Å². The quantitative estimate of drug-likeness (QED) is 0.0317. The van der Waals surface area contributed by atoms with Crippen LogP contribution in [0.3, 0.4) is 0 Å². The second kappa shape index (κ2) is 20.4. The number of hydrogen-bond acceptors (Lipinski definition) is 15. The van der Waals surface area contributed by atoms with Gasteiger partial charge in [0, 0.05) is 64.7 Å². The molecule has 3 aromatic carbocycles. The maximum atomic E-state index is 13.9. The number of halogens is 1. The first kappa shape index (κ1) is 42.3. The molecule has 1 aliphatic rings. The van der Waals surface area contributed by atoms with E-state index in [1.54, 1.807) is 49.3 Å². The normalized spacial score (nSPS) is 14.0. The van der Waals surface area contributed by atoms with Crippen molar-refractivity contribution in [1.82, 2.24) is 40.0 Å². The monoisotopic (exact) mass is 816 g/mol. The van der Waals surface area contributed by atoms with E-state index in [1.807, 2.05) is 24.3 Å². The van der Waals surface area contributed by atoms with Crippen LogP contribution in [-0.4, -0.2) is 117 Å². The Kier molecular flexibility index (Phi) is 14.4. The SMILES string of the molecule is C=N/C(C(=O)N1CCN(Cc2cccc(Nc3nc(NCc4nc5ccc(F)cc5[nH]4)nc(N[C@@H](Cc4ccc(C#N)cc4)C(=O)NCCOC)n3)c2)CC1)=C(/O)N=CC. The van der Waals surface area contributed by atoms with Crippen LogP contribution in [0.2, 0.25) is 0 Å². The van der Waals surface area contributed by atoms with Gasteiger partial charge in [0.05, 0.1) is 35.8 Å². The third-order valence-corrected chi connectivity index (χ3v) is 9.36. The highest BCUT2D eigenvalue weighted by Crippen LogP contribution is 2.21. The molecule has 6 N–H and O–H groups in total. The first-order valence-corrected chi connectivity index (χ1v) is 19.1. The van der Waals surface area contributed by atoms with E-state index in [4.69, 9.17) is 4.74 Å². The number of nitriles is 1. The molecule has 0 radical (unpaired) electrons. The summed E-state index contributed by atoms with van der Waals surface area (Å²) in [6.07, 6.45) is 1.62. The van der Waals surface area contributed by atoms with Gasteiger partial charge >= 0.3 is 0 Å². The van der Waals surface area contributed by atoms with Crippen LogP contribution in [0.4, 0.5) is 27.9 Å². The van der Waals surface area contributed by atoms with Gasteiger partial charge in [0.15, 0.2) is 5.70 Å². The molecule has 18 nitrogen and oxygen atoms in total. The third kappa shape index (κ3) is 11.4. The van der Waals surface area contributed by atoms with Gasteiger partial charge in [-0.3, -0.25) is 19.5 Å². The second-order valence-corrected chi connectivity index (χ2v) is 13.6. The van der Waals surface area contributed by atoms with Crippen molar-refractivity contribution < 1.29 is 23.8 Å². The van der Waals surface area contributed by atoms with Crippen LogP contribution in [0.5, 0.6) is 0 Å². The van der Waals surface area contributed by atoms with Crippen LogP contribution < -0.4 is 21.3 Å². The molecule has 6 rings (SSSR count). The molecule has 1 fully saturated rings. The molecule has 0 spiro atoms. The summed E-state index contributed by atoms with van der Waals surface area (Å²) in [4.78, 5) is 59.3. The van der Waals surface area contributed by atoms with Gasteiger partial charge in [0.25, 0.3) is 5.91 Å². The van der Waals surface area contributed by atoms with Crippen molar-refractivity contribution >= 4 is 59.3 Å². The van der Waals surface area contributed by atoms with Crippen molar-refractivity contribution in [1.29, 1.82) is 5.26 Å². The van der Waals surface area contributed by atoms with Gasteiger partial charge in [-0.2, -0.15) is 20.2 Å². The number of ether oxygens (including phenoxy) is 1. The summed E-state index contributed by atoms with van der Waals surface area (Å²) >= 11 is 0. The van der Waals surface area contributed by atoms with Crippen molar-refractivity contribution in [2.75, 3.05) is 62.4 Å². The summed E-state index contributed by atoms with van der Waals surface area (Å²) in [6, 6.07) is 20.3. The molecule has 0 unspecified atom stereocenters. The lowest BCUT2D eigenvalue weighted by Crippen LogP contribution is -2.48. The molecule has 1 atom stereocenters. The van der Waals surface area contributed by atoms with Crippen molar-refractivity contribution in [2.45, 2.75) is 32.5 Å². The molecule has 0 bridgehead atoms. The van der Waals surface area contributed by atoms with Crippen molar-refractivity contribution in [3.8, 4) is 6.07 Å². The van der Waals surface area contributed by atoms with Crippen molar-refractivity contribution in [3.63, 3.8) is 0 Å². The van der Waals surface area contributed by atoms with E-state index >= 15 is 0 Å². The second-order valence-electron chi connectivity index (χ2n) is 13.6. The molecule has 5 aromatic rings. The largest absolute Gasteiger partial charge is 0.492 e. The molecule has 0 saturated carbocycles. The van der Waals surface area contributed by atoms with Gasteiger partial charge < -0.3 is 41.0 Å². The number of nitrogens with one attached hydrogen (secondary N) is 5. The van der Waals surface area contributed by atoms with E-state index in [0.29, 0.717) is 67.4 Å². The van der Waals surface area contributed by atoms with E-state index in [0.717, 1.165) is 11.1 Å². The fraction of sp³-hybridized carbons (Fsp3) is 0.293. The first-order valence-electron chi connectivity index (χ1n) is 19.1. The number of benzene rings is 3. The number of aliphatic hydroxyl groups is 1. The molecule has 310 valence electrons. The molecule has 19 heteroatoms. The number of aromatic nitrogens is 5. The fourth-order valence-electron chi connectivity index (χ4n) is 6.38. The van der Waals surface area contributed by atoms with Crippen LogP contribution in [0.1, 0.15) is 29.4 Å². The van der Waals surface area contributed by atoms with Crippen LogP contribution >= 0.6 is 0 Å². The van der Waals surface area contributed by atoms with Gasteiger partial charge in [0.2, 0.25) is 29.6 Å². The Balaban J connectivity index is 1.20. The number of rotatable bonds is 18. The lowest BCUT2D eigenvalue weighted by Gasteiger charge is -2.34. The fourth-order valence-corrected chi connectivity index (χ4v) is 6.38. The topological polar surface area (TPSA) is 234 Å². The number of anilines is 4. The van der Waals surface area contributed by atoms with Gasteiger partial charge in [0.1, 0.15) is 17.7 Å². The summed E-state index contributed by atoms with van der Waals surface area (Å²) < 4.78 is 19.0. The molecular weight excluding hydrogens is 772 g/mol. The molecule has 2 aromatic heterocycles. The minimum absolute atomic E-state index is 0.102. The molecule has 1 saturated heterocycles. The van der Waals surface area contributed by atoms with Gasteiger partial charge in [-0.15, -0.1) is 0 Å². The Morgan fingerprint density at radius 2 is 1.80 bits per heavy atom. The third-order valence-electron chi connectivity index (χ3n) is 9.36. The number of nitrogens with zero attached hydrogens (tertiary/aromatic N) is 9. The lowest BCUT2D eigenvalue weighted by molar-refractivity contribution is -0.129. The summed E-state index contributed by atoms with van der Waals surface area (Å²) in [5.41, 5.74) is 3.94. The maximum absolute atomic E-state index is 13.9. The standard InChI is InChI=1S/C41H45FN14O4/c1-4-45-37(58)35(44-2)38(59)56-17-15-55(16-18-56)25-28-6-5-7-30(20-28)48-40-52-39(47-24-34-49-31-13-12-29(42)22-32(31)50-34)53-41(54-40)51-33(36(57)46-14-19-60-3)21-26-8-10-27(23-43)11-9-26/h4-13,20,22,33,58H,2,14-19,21,24-25H2,1,3H3,(H,46,57)(H,49,50)(H3,47,48,51,52,53,54)/b37-35+,45-4?/t33-/m0/s1. The number of H-pyrrole nitrogens is 1. The summed E-state index contributed by atoms with van der Waals surface area (Å²) in [6.45, 7) is 8.44. The van der Waals surface area contributed by atoms with E-state index in [-0.39, 0.29) is 54.8 Å². The number of aliphatic imine (C=N–C) groups is 2. The lowest BCUT2D eigenvalue weighted by atomic mass is 10.0. The Morgan fingerprint density at radius 3 is 2.53 bits per heavy atom.